The van der Waals surface area contributed by atoms with E-state index in [1.807, 2.05) is 18.2 Å². The van der Waals surface area contributed by atoms with Gasteiger partial charge in [-0.2, -0.15) is 0 Å². The molecule has 7 nitrogen and oxygen atoms in total. The molecule has 0 saturated carbocycles. The average molecular weight is 370 g/mol. The second-order valence-electron chi connectivity index (χ2n) is 6.24. The zero-order valence-corrected chi connectivity index (χ0v) is 15.5. The van der Waals surface area contributed by atoms with Gasteiger partial charge in [0.15, 0.2) is 11.5 Å². The van der Waals surface area contributed by atoms with Gasteiger partial charge in [-0.1, -0.05) is 18.2 Å². The first-order chi connectivity index (χ1) is 13.0. The van der Waals surface area contributed by atoms with Crippen LogP contribution in [0.25, 0.3) is 0 Å². The molecule has 0 fully saturated rings. The van der Waals surface area contributed by atoms with Crippen LogP contribution in [0.5, 0.6) is 17.2 Å². The average Bonchev–Trinajstić information content (AvgIpc) is 3.01. The molecule has 27 heavy (non-hydrogen) atoms. The van der Waals surface area contributed by atoms with Gasteiger partial charge in [0.25, 0.3) is 5.91 Å². The summed E-state index contributed by atoms with van der Waals surface area (Å²) in [5.41, 5.74) is 7.73. The van der Waals surface area contributed by atoms with Gasteiger partial charge in [-0.25, -0.2) is 0 Å². The summed E-state index contributed by atoms with van der Waals surface area (Å²) in [5.74, 6) is 0.705. The number of carbonyl (C=O) groups excluding carboxylic acids is 2. The van der Waals surface area contributed by atoms with Gasteiger partial charge < -0.3 is 24.8 Å². The van der Waals surface area contributed by atoms with Gasteiger partial charge in [-0.15, -0.1) is 0 Å². The summed E-state index contributed by atoms with van der Waals surface area (Å²) in [4.78, 5) is 26.3. The van der Waals surface area contributed by atoms with Gasteiger partial charge in [0, 0.05) is 12.1 Å². The number of hydrogen-bond donors (Lipinski definition) is 1. The minimum atomic E-state index is -0.545. The Kier molecular flexibility index (Phi) is 5.21. The van der Waals surface area contributed by atoms with E-state index in [0.29, 0.717) is 34.9 Å². The van der Waals surface area contributed by atoms with Gasteiger partial charge in [0.05, 0.1) is 33.8 Å². The Bertz CT molecular complexity index is 855. The van der Waals surface area contributed by atoms with E-state index in [-0.39, 0.29) is 12.3 Å². The standard InChI is InChI=1S/C20H22N2O5/c1-25-16-8-13(9-17(26-2)19(16)27-3)15(10-18(21)23)22-11-12-6-4-5-7-14(12)20(22)24/h4-9,15H,10-11H2,1-3H3,(H2,21,23). The van der Waals surface area contributed by atoms with E-state index < -0.39 is 11.9 Å². The van der Waals surface area contributed by atoms with Crippen LogP contribution in [0, 0.1) is 0 Å². The summed E-state index contributed by atoms with van der Waals surface area (Å²) >= 11 is 0. The number of amides is 2. The molecule has 1 unspecified atom stereocenters. The fourth-order valence-corrected chi connectivity index (χ4v) is 3.42. The lowest BCUT2D eigenvalue weighted by Crippen LogP contribution is -2.32. The number of nitrogens with two attached hydrogens (primary N) is 1. The van der Waals surface area contributed by atoms with Crippen molar-refractivity contribution in [2.24, 2.45) is 5.73 Å². The normalized spacial score (nSPS) is 13.9. The zero-order chi connectivity index (χ0) is 19.6. The largest absolute Gasteiger partial charge is 0.493 e. The predicted octanol–water partition coefficient (Wildman–Crippen LogP) is 2.28. The van der Waals surface area contributed by atoms with Crippen molar-refractivity contribution in [3.8, 4) is 17.2 Å². The van der Waals surface area contributed by atoms with Gasteiger partial charge in [0.1, 0.15) is 0 Å². The Morgan fingerprint density at radius 3 is 2.26 bits per heavy atom. The van der Waals surface area contributed by atoms with Crippen molar-refractivity contribution in [3.63, 3.8) is 0 Å². The zero-order valence-electron chi connectivity index (χ0n) is 15.5. The van der Waals surface area contributed by atoms with E-state index >= 15 is 0 Å². The Balaban J connectivity index is 2.07. The van der Waals surface area contributed by atoms with Crippen molar-refractivity contribution in [1.29, 1.82) is 0 Å². The number of nitrogens with zero attached hydrogens (tertiary/aromatic N) is 1. The van der Waals surface area contributed by atoms with Crippen LogP contribution < -0.4 is 19.9 Å². The Labute approximate surface area is 157 Å². The van der Waals surface area contributed by atoms with E-state index in [4.69, 9.17) is 19.9 Å². The first-order valence-corrected chi connectivity index (χ1v) is 8.47. The number of benzene rings is 2. The third kappa shape index (κ3) is 3.40. The van der Waals surface area contributed by atoms with Crippen molar-refractivity contribution in [2.45, 2.75) is 19.0 Å². The van der Waals surface area contributed by atoms with E-state index in [2.05, 4.69) is 0 Å². The minimum absolute atomic E-state index is 0.0155. The Hall–Kier alpha value is -3.22. The third-order valence-corrected chi connectivity index (χ3v) is 4.69. The maximum Gasteiger partial charge on any atom is 0.255 e. The molecule has 1 heterocycles. The molecular weight excluding hydrogens is 348 g/mol. The van der Waals surface area contributed by atoms with Crippen molar-refractivity contribution in [3.05, 3.63) is 53.1 Å². The third-order valence-electron chi connectivity index (χ3n) is 4.69. The molecular formula is C20H22N2O5. The summed E-state index contributed by atoms with van der Waals surface area (Å²) < 4.78 is 16.2. The monoisotopic (exact) mass is 370 g/mol. The van der Waals surface area contributed by atoms with Crippen molar-refractivity contribution < 1.29 is 23.8 Å². The fourth-order valence-electron chi connectivity index (χ4n) is 3.42. The highest BCUT2D eigenvalue weighted by molar-refractivity contribution is 5.98. The molecule has 2 aromatic carbocycles. The van der Waals surface area contributed by atoms with Crippen LogP contribution in [0.15, 0.2) is 36.4 Å². The SMILES string of the molecule is COc1cc(C(CC(N)=O)N2Cc3ccccc3C2=O)cc(OC)c1OC. The van der Waals surface area contributed by atoms with Crippen molar-refractivity contribution in [2.75, 3.05) is 21.3 Å². The minimum Gasteiger partial charge on any atom is -0.493 e. The molecule has 0 bridgehead atoms. The van der Waals surface area contributed by atoms with Gasteiger partial charge in [-0.3, -0.25) is 9.59 Å². The van der Waals surface area contributed by atoms with E-state index in [1.165, 1.54) is 21.3 Å². The van der Waals surface area contributed by atoms with E-state index in [9.17, 15) is 9.59 Å². The molecule has 7 heteroatoms. The summed E-state index contributed by atoms with van der Waals surface area (Å²) in [5, 5.41) is 0. The highest BCUT2D eigenvalue weighted by Gasteiger charge is 2.35. The molecule has 0 aliphatic carbocycles. The van der Waals surface area contributed by atoms with Gasteiger partial charge in [0.2, 0.25) is 11.7 Å². The lowest BCUT2D eigenvalue weighted by atomic mass is 10.0. The maximum atomic E-state index is 12.9. The maximum absolute atomic E-state index is 12.9. The topological polar surface area (TPSA) is 91.1 Å². The van der Waals surface area contributed by atoms with Crippen molar-refractivity contribution in [1.82, 2.24) is 4.90 Å². The Morgan fingerprint density at radius 1 is 1.11 bits per heavy atom. The molecule has 1 atom stereocenters. The van der Waals surface area contributed by atoms with Gasteiger partial charge in [-0.05, 0) is 29.3 Å². The second kappa shape index (κ2) is 7.57. The molecule has 1 aliphatic heterocycles. The summed E-state index contributed by atoms with van der Waals surface area (Å²) in [6.45, 7) is 0.406. The Morgan fingerprint density at radius 2 is 1.74 bits per heavy atom. The molecule has 0 radical (unpaired) electrons. The summed E-state index contributed by atoms with van der Waals surface area (Å²) in [7, 11) is 4.55. The van der Waals surface area contributed by atoms with Crippen LogP contribution in [0.1, 0.15) is 33.9 Å². The lowest BCUT2D eigenvalue weighted by molar-refractivity contribution is -0.119. The summed E-state index contributed by atoms with van der Waals surface area (Å²) in [6.07, 6.45) is -0.0155. The molecule has 0 aromatic heterocycles. The molecule has 1 aliphatic rings. The molecule has 2 amide bonds. The number of rotatable bonds is 7. The second-order valence-corrected chi connectivity index (χ2v) is 6.24. The predicted molar refractivity (Wildman–Crippen MR) is 99.0 cm³/mol. The number of fused-ring (bicyclic) bond motifs is 1. The van der Waals surface area contributed by atoms with E-state index in [1.54, 1.807) is 23.1 Å². The fraction of sp³-hybridized carbons (Fsp3) is 0.300. The number of methoxy groups -OCH3 is 3. The number of primary amides is 1. The van der Waals surface area contributed by atoms with Crippen LogP contribution in [0.2, 0.25) is 0 Å². The number of hydrogen-bond acceptors (Lipinski definition) is 5. The van der Waals surface area contributed by atoms with Gasteiger partial charge >= 0.3 is 0 Å². The smallest absolute Gasteiger partial charge is 0.255 e. The summed E-state index contributed by atoms with van der Waals surface area (Å²) in [6, 6.07) is 10.3. The first kappa shape index (κ1) is 18.6. The molecule has 0 spiro atoms. The quantitative estimate of drug-likeness (QED) is 0.807. The molecule has 2 N–H and O–H groups in total. The van der Waals surface area contributed by atoms with Crippen LogP contribution >= 0.6 is 0 Å². The molecule has 142 valence electrons. The molecule has 3 rings (SSSR count). The van der Waals surface area contributed by atoms with Crippen LogP contribution in [-0.4, -0.2) is 38.0 Å². The number of ether oxygens (including phenoxy) is 3. The van der Waals surface area contributed by atoms with Crippen LogP contribution in [-0.2, 0) is 11.3 Å². The number of carbonyl (C=O) groups is 2. The highest BCUT2D eigenvalue weighted by Crippen LogP contribution is 2.42. The molecule has 0 saturated heterocycles. The van der Waals surface area contributed by atoms with Crippen molar-refractivity contribution >= 4 is 11.8 Å². The first-order valence-electron chi connectivity index (χ1n) is 8.47. The van der Waals surface area contributed by atoms with Crippen LogP contribution in [0.4, 0.5) is 0 Å². The lowest BCUT2D eigenvalue weighted by Gasteiger charge is -2.28. The van der Waals surface area contributed by atoms with Crippen LogP contribution in [0.3, 0.4) is 0 Å². The van der Waals surface area contributed by atoms with E-state index in [0.717, 1.165) is 5.56 Å². The molecule has 2 aromatic rings. The highest BCUT2D eigenvalue weighted by atomic mass is 16.5.